The van der Waals surface area contributed by atoms with E-state index in [9.17, 15) is 14.9 Å². The number of aryl methyl sites for hydroxylation is 2. The summed E-state index contributed by atoms with van der Waals surface area (Å²) in [6.07, 6.45) is 1.68. The lowest BCUT2D eigenvalue weighted by atomic mass is 10.1. The van der Waals surface area contributed by atoms with Gasteiger partial charge in [-0.1, -0.05) is 48.2 Å². The molecular formula is C26H21N5O3S. The van der Waals surface area contributed by atoms with Crippen molar-refractivity contribution in [2.45, 2.75) is 20.8 Å². The van der Waals surface area contributed by atoms with Gasteiger partial charge in [-0.15, -0.1) is 0 Å². The van der Waals surface area contributed by atoms with Crippen LogP contribution in [0.1, 0.15) is 28.1 Å². The lowest BCUT2D eigenvalue weighted by Gasteiger charge is -2.26. The molecule has 0 saturated carbocycles. The van der Waals surface area contributed by atoms with E-state index in [1.165, 1.54) is 17.8 Å². The van der Waals surface area contributed by atoms with E-state index in [0.29, 0.717) is 10.9 Å². The molecule has 0 atom stereocenters. The van der Waals surface area contributed by atoms with Crippen molar-refractivity contribution < 1.29 is 9.72 Å². The number of aliphatic imine (C=N–C) groups is 1. The van der Waals surface area contributed by atoms with Gasteiger partial charge in [0.1, 0.15) is 5.84 Å². The molecule has 0 saturated heterocycles. The number of non-ortho nitro benzene ring substituents is 1. The second-order valence-corrected chi connectivity index (χ2v) is 9.15. The van der Waals surface area contributed by atoms with Gasteiger partial charge in [0.2, 0.25) is 0 Å². The minimum absolute atomic E-state index is 0.0101. The van der Waals surface area contributed by atoms with Crippen LogP contribution in [0.4, 0.5) is 5.69 Å². The molecule has 1 amide bonds. The molecule has 3 aromatic rings. The van der Waals surface area contributed by atoms with E-state index in [0.717, 1.165) is 33.8 Å². The van der Waals surface area contributed by atoms with Crippen LogP contribution in [0.3, 0.4) is 0 Å². The zero-order chi connectivity index (χ0) is 24.9. The average Bonchev–Trinajstić information content (AvgIpc) is 3.38. The molecule has 0 aliphatic carbocycles. The molecule has 2 aromatic carbocycles. The van der Waals surface area contributed by atoms with Gasteiger partial charge >= 0.3 is 0 Å². The first kappa shape index (κ1) is 22.5. The Morgan fingerprint density at radius 2 is 1.83 bits per heavy atom. The van der Waals surface area contributed by atoms with Gasteiger partial charge in [0.25, 0.3) is 11.6 Å². The zero-order valence-corrected chi connectivity index (χ0v) is 20.1. The third-order valence-corrected chi connectivity index (χ3v) is 6.92. The van der Waals surface area contributed by atoms with Crippen LogP contribution < -0.4 is 0 Å². The summed E-state index contributed by atoms with van der Waals surface area (Å²) in [5.41, 5.74) is 5.94. The van der Waals surface area contributed by atoms with Gasteiger partial charge in [-0.05, 0) is 49.6 Å². The first-order valence-corrected chi connectivity index (χ1v) is 11.7. The van der Waals surface area contributed by atoms with Crippen molar-refractivity contribution in [2.75, 3.05) is 0 Å². The number of amides is 1. The highest BCUT2D eigenvalue weighted by molar-refractivity contribution is 8.17. The molecule has 2 aliphatic rings. The van der Waals surface area contributed by atoms with Gasteiger partial charge in [0.15, 0.2) is 5.17 Å². The topological polar surface area (TPSA) is 105 Å². The minimum atomic E-state index is -0.465. The number of nitro benzene ring substituents is 1. The number of hydrogen-bond donors (Lipinski definition) is 1. The fraction of sp³-hybridized carbons (Fsp3) is 0.115. The van der Waals surface area contributed by atoms with E-state index in [1.807, 2.05) is 67.1 Å². The number of amidine groups is 2. The second kappa shape index (κ2) is 8.52. The molecule has 9 heteroatoms. The molecule has 0 fully saturated rings. The summed E-state index contributed by atoms with van der Waals surface area (Å²) in [5.74, 6) is -0.399. The Kier molecular flexibility index (Phi) is 5.49. The van der Waals surface area contributed by atoms with Crippen LogP contribution in [0.2, 0.25) is 0 Å². The number of hydrogen-bond acceptors (Lipinski definition) is 5. The van der Waals surface area contributed by atoms with E-state index in [4.69, 9.17) is 5.41 Å². The first-order chi connectivity index (χ1) is 16.8. The predicted octanol–water partition coefficient (Wildman–Crippen LogP) is 5.62. The smallest absolute Gasteiger partial charge is 0.283 e. The van der Waals surface area contributed by atoms with Crippen LogP contribution in [0.5, 0.6) is 0 Å². The SMILES string of the molecule is Cc1ccc([N+](=O)[O-])cc1-n1c(C)cc(/C=C2/C(=N)N3C(c4ccccc4)=CSC3=NC2=O)c1C. The zero-order valence-electron chi connectivity index (χ0n) is 19.3. The fourth-order valence-electron chi connectivity index (χ4n) is 4.33. The standard InChI is InChI=1S/C26H21N5O3S/c1-15-9-10-20(31(33)34)13-22(15)29-16(2)11-19(17(29)3)12-21-24(27)30-23(18-7-5-4-6-8-18)14-35-26(30)28-25(21)32/h4-14,27H,1-3H3/b21-12-,27-24?. The van der Waals surface area contributed by atoms with Crippen molar-refractivity contribution in [1.29, 1.82) is 5.41 Å². The van der Waals surface area contributed by atoms with Crippen molar-refractivity contribution >= 4 is 46.1 Å². The van der Waals surface area contributed by atoms with Crippen LogP contribution in [-0.2, 0) is 4.79 Å². The molecule has 174 valence electrons. The molecule has 35 heavy (non-hydrogen) atoms. The molecule has 0 unspecified atom stereocenters. The third-order valence-electron chi connectivity index (χ3n) is 6.10. The fourth-order valence-corrected chi connectivity index (χ4v) is 5.22. The van der Waals surface area contributed by atoms with Crippen LogP contribution in [0.15, 0.2) is 70.6 Å². The summed E-state index contributed by atoms with van der Waals surface area (Å²) in [5, 5.41) is 22.6. The summed E-state index contributed by atoms with van der Waals surface area (Å²) >= 11 is 1.32. The molecule has 0 radical (unpaired) electrons. The highest BCUT2D eigenvalue weighted by Gasteiger charge is 2.36. The Morgan fingerprint density at radius 3 is 2.54 bits per heavy atom. The Bertz CT molecular complexity index is 1520. The van der Waals surface area contributed by atoms with Gasteiger partial charge in [-0.25, -0.2) is 0 Å². The maximum absolute atomic E-state index is 12.9. The first-order valence-electron chi connectivity index (χ1n) is 10.9. The maximum atomic E-state index is 12.9. The molecular weight excluding hydrogens is 462 g/mol. The number of thioether (sulfide) groups is 1. The van der Waals surface area contributed by atoms with Gasteiger partial charge in [-0.3, -0.25) is 25.2 Å². The van der Waals surface area contributed by atoms with E-state index >= 15 is 0 Å². The monoisotopic (exact) mass is 483 g/mol. The van der Waals surface area contributed by atoms with Crippen LogP contribution >= 0.6 is 11.8 Å². The van der Waals surface area contributed by atoms with Crippen molar-refractivity contribution in [1.82, 2.24) is 9.47 Å². The number of rotatable bonds is 4. The van der Waals surface area contributed by atoms with E-state index < -0.39 is 10.8 Å². The molecule has 5 rings (SSSR count). The molecule has 1 N–H and O–H groups in total. The van der Waals surface area contributed by atoms with Crippen molar-refractivity contribution in [3.63, 3.8) is 0 Å². The molecule has 0 bridgehead atoms. The number of nitrogens with one attached hydrogen (secondary N) is 1. The van der Waals surface area contributed by atoms with Crippen molar-refractivity contribution in [3.8, 4) is 5.69 Å². The summed E-state index contributed by atoms with van der Waals surface area (Å²) in [6.45, 7) is 5.70. The number of carbonyl (C=O) groups is 1. The van der Waals surface area contributed by atoms with Gasteiger partial charge in [0, 0.05) is 28.9 Å². The largest absolute Gasteiger partial charge is 0.317 e. The number of carbonyl (C=O) groups excluding carboxylic acids is 1. The Balaban J connectivity index is 1.57. The van der Waals surface area contributed by atoms with E-state index in [-0.39, 0.29) is 17.1 Å². The average molecular weight is 484 g/mol. The van der Waals surface area contributed by atoms with Crippen LogP contribution in [0, 0.1) is 36.3 Å². The lowest BCUT2D eigenvalue weighted by molar-refractivity contribution is -0.384. The quantitative estimate of drug-likeness (QED) is 0.295. The van der Waals surface area contributed by atoms with Crippen LogP contribution in [-0.4, -0.2) is 31.3 Å². The number of fused-ring (bicyclic) bond motifs is 1. The van der Waals surface area contributed by atoms with E-state index in [1.54, 1.807) is 23.1 Å². The van der Waals surface area contributed by atoms with Gasteiger partial charge in [0.05, 0.1) is 21.9 Å². The highest BCUT2D eigenvalue weighted by Crippen LogP contribution is 2.37. The Labute approximate surface area is 206 Å². The number of benzene rings is 2. The molecule has 3 heterocycles. The third kappa shape index (κ3) is 3.79. The van der Waals surface area contributed by atoms with Crippen molar-refractivity contribution in [3.05, 3.63) is 104 Å². The summed E-state index contributed by atoms with van der Waals surface area (Å²) < 4.78 is 1.93. The Morgan fingerprint density at radius 1 is 1.09 bits per heavy atom. The Hall–Kier alpha value is -4.24. The molecule has 8 nitrogen and oxygen atoms in total. The summed E-state index contributed by atoms with van der Waals surface area (Å²) in [7, 11) is 0. The number of aromatic nitrogens is 1. The lowest BCUT2D eigenvalue weighted by Crippen LogP contribution is -2.38. The minimum Gasteiger partial charge on any atom is -0.317 e. The normalized spacial score (nSPS) is 16.4. The number of nitrogens with zero attached hydrogens (tertiary/aromatic N) is 4. The predicted molar refractivity (Wildman–Crippen MR) is 139 cm³/mol. The molecule has 0 spiro atoms. The second-order valence-electron chi connectivity index (χ2n) is 8.32. The van der Waals surface area contributed by atoms with Gasteiger partial charge in [-0.2, -0.15) is 4.99 Å². The maximum Gasteiger partial charge on any atom is 0.283 e. The highest BCUT2D eigenvalue weighted by atomic mass is 32.2. The van der Waals surface area contributed by atoms with Gasteiger partial charge < -0.3 is 4.57 Å². The summed E-state index contributed by atoms with van der Waals surface area (Å²) in [6, 6.07) is 16.4. The van der Waals surface area contributed by atoms with Crippen molar-refractivity contribution in [2.24, 2.45) is 4.99 Å². The van der Waals surface area contributed by atoms with E-state index in [2.05, 4.69) is 4.99 Å². The number of nitro groups is 1. The molecule has 1 aromatic heterocycles. The van der Waals surface area contributed by atoms with Crippen LogP contribution in [0.25, 0.3) is 17.5 Å². The summed E-state index contributed by atoms with van der Waals surface area (Å²) in [4.78, 5) is 29.7. The molecule has 2 aliphatic heterocycles.